The van der Waals surface area contributed by atoms with Crippen molar-refractivity contribution < 1.29 is 9.18 Å². The van der Waals surface area contributed by atoms with E-state index in [1.165, 1.54) is 6.92 Å². The van der Waals surface area contributed by atoms with Gasteiger partial charge in [-0.2, -0.15) is 0 Å². The van der Waals surface area contributed by atoms with E-state index in [4.69, 9.17) is 0 Å². The number of halogens is 1. The van der Waals surface area contributed by atoms with Crippen LogP contribution in [0.4, 0.5) is 4.39 Å². The van der Waals surface area contributed by atoms with E-state index in [1.54, 1.807) is 6.07 Å². The van der Waals surface area contributed by atoms with Crippen LogP contribution in [-0.4, -0.2) is 23.4 Å². The van der Waals surface area contributed by atoms with E-state index in [-0.39, 0.29) is 11.6 Å². The second kappa shape index (κ2) is 7.63. The molecule has 1 aliphatic carbocycles. The number of benzene rings is 1. The number of aliphatic imine (C=N–C) groups is 1. The van der Waals surface area contributed by atoms with Crippen molar-refractivity contribution in [2.45, 2.75) is 47.0 Å². The average Bonchev–Trinajstić information content (AvgIpc) is 3.45. The number of hydrogen-bond acceptors (Lipinski definition) is 3. The molecule has 1 aromatic rings. The number of carbonyl (C=O) groups is 1. The van der Waals surface area contributed by atoms with Gasteiger partial charge in [-0.15, -0.1) is 0 Å². The summed E-state index contributed by atoms with van der Waals surface area (Å²) in [6.45, 7) is 7.50. The summed E-state index contributed by atoms with van der Waals surface area (Å²) in [4.78, 5) is 18.6. The molecule has 1 aromatic carbocycles. The van der Waals surface area contributed by atoms with Crippen LogP contribution in [0.25, 0.3) is 5.57 Å². The van der Waals surface area contributed by atoms with Gasteiger partial charge in [0, 0.05) is 25.2 Å². The topological polar surface area (TPSA) is 32.7 Å². The van der Waals surface area contributed by atoms with Crippen molar-refractivity contribution in [2.75, 3.05) is 7.05 Å². The summed E-state index contributed by atoms with van der Waals surface area (Å²) in [5, 5.41) is 0. The zero-order valence-corrected chi connectivity index (χ0v) is 16.8. The Balaban J connectivity index is 2.12. The summed E-state index contributed by atoms with van der Waals surface area (Å²) < 4.78 is 14.7. The smallest absolute Gasteiger partial charge is 0.178 e. The third-order valence-corrected chi connectivity index (χ3v) is 5.29. The molecule has 1 aliphatic heterocycles. The van der Waals surface area contributed by atoms with Crippen molar-refractivity contribution in [3.63, 3.8) is 0 Å². The number of hydrogen-bond donors (Lipinski definition) is 0. The van der Waals surface area contributed by atoms with Gasteiger partial charge in [-0.1, -0.05) is 24.6 Å². The van der Waals surface area contributed by atoms with Gasteiger partial charge in [-0.05, 0) is 68.4 Å². The lowest BCUT2D eigenvalue weighted by Gasteiger charge is -2.27. The number of ketones is 1. The quantitative estimate of drug-likeness (QED) is 0.696. The number of rotatable bonds is 5. The molecule has 142 valence electrons. The van der Waals surface area contributed by atoms with E-state index in [1.807, 2.05) is 50.1 Å². The van der Waals surface area contributed by atoms with Gasteiger partial charge in [0.25, 0.3) is 0 Å². The van der Waals surface area contributed by atoms with Crippen molar-refractivity contribution in [3.8, 4) is 0 Å². The lowest BCUT2D eigenvalue weighted by molar-refractivity contribution is -0.111. The van der Waals surface area contributed by atoms with Gasteiger partial charge in [0.05, 0.1) is 0 Å². The lowest BCUT2D eigenvalue weighted by atomic mass is 9.97. The van der Waals surface area contributed by atoms with Crippen molar-refractivity contribution in [1.29, 1.82) is 0 Å². The van der Waals surface area contributed by atoms with E-state index in [9.17, 15) is 9.18 Å². The third-order valence-electron chi connectivity index (χ3n) is 5.29. The molecule has 27 heavy (non-hydrogen) atoms. The number of nitrogens with zero attached hydrogens (tertiary/aromatic N) is 2. The van der Waals surface area contributed by atoms with Crippen LogP contribution in [0.3, 0.4) is 0 Å². The van der Waals surface area contributed by atoms with Crippen LogP contribution in [0.1, 0.15) is 51.2 Å². The number of Topliss-reactive ketones (excluding diaryl/α,β-unsaturated/α-hetero) is 1. The van der Waals surface area contributed by atoms with Crippen molar-refractivity contribution in [2.24, 2.45) is 10.9 Å². The molecule has 0 N–H and O–H groups in total. The van der Waals surface area contributed by atoms with E-state index >= 15 is 0 Å². The standard InChI is InChI=1S/C23H27FN2O/c1-6-15(3)19(18-10-7-14(2)11-20(18)24)12-23-25-21(16(4)27)13-22(26(23)5)17-8-9-17/h7,10-13,17H,6,8-9H2,1-5H3/b19-15+,23-12-. The van der Waals surface area contributed by atoms with Gasteiger partial charge in [0.15, 0.2) is 5.78 Å². The Kier molecular flexibility index (Phi) is 5.45. The van der Waals surface area contributed by atoms with Crippen LogP contribution in [0.15, 0.2) is 52.4 Å². The summed E-state index contributed by atoms with van der Waals surface area (Å²) in [7, 11) is 1.97. The maximum atomic E-state index is 14.7. The first-order chi connectivity index (χ1) is 12.8. The Hall–Kier alpha value is -2.49. The van der Waals surface area contributed by atoms with Crippen LogP contribution in [0.5, 0.6) is 0 Å². The van der Waals surface area contributed by atoms with Gasteiger partial charge in [0.2, 0.25) is 0 Å². The number of carbonyl (C=O) groups excluding carboxylic acids is 1. The molecular weight excluding hydrogens is 339 g/mol. The Morgan fingerprint density at radius 2 is 2.04 bits per heavy atom. The molecule has 0 amide bonds. The minimum atomic E-state index is -0.234. The first-order valence-electron chi connectivity index (χ1n) is 9.54. The van der Waals surface area contributed by atoms with Crippen molar-refractivity contribution in [1.82, 2.24) is 4.90 Å². The molecule has 1 fully saturated rings. The first-order valence-corrected chi connectivity index (χ1v) is 9.54. The fourth-order valence-electron chi connectivity index (χ4n) is 3.27. The molecule has 4 heteroatoms. The van der Waals surface area contributed by atoms with Crippen LogP contribution >= 0.6 is 0 Å². The summed E-state index contributed by atoms with van der Waals surface area (Å²) >= 11 is 0. The van der Waals surface area contributed by atoms with Gasteiger partial charge < -0.3 is 4.90 Å². The maximum absolute atomic E-state index is 14.7. The molecule has 0 unspecified atom stereocenters. The van der Waals surface area contributed by atoms with Crippen molar-refractivity contribution >= 4 is 17.1 Å². The molecule has 0 aromatic heterocycles. The van der Waals surface area contributed by atoms with Crippen LogP contribution < -0.4 is 0 Å². The highest BCUT2D eigenvalue weighted by atomic mass is 19.1. The molecule has 0 saturated heterocycles. The summed E-state index contributed by atoms with van der Waals surface area (Å²) in [5.74, 6) is 0.889. The van der Waals surface area contributed by atoms with Gasteiger partial charge >= 0.3 is 0 Å². The minimum absolute atomic E-state index is 0.0496. The Morgan fingerprint density at radius 1 is 1.33 bits per heavy atom. The lowest BCUT2D eigenvalue weighted by Crippen LogP contribution is -2.26. The van der Waals surface area contributed by atoms with Gasteiger partial charge in [-0.25, -0.2) is 9.38 Å². The fraction of sp³-hybridized carbons (Fsp3) is 0.391. The highest BCUT2D eigenvalue weighted by Gasteiger charge is 2.32. The normalized spacial score (nSPS) is 19.6. The molecule has 2 aliphatic rings. The van der Waals surface area contributed by atoms with Crippen LogP contribution in [-0.2, 0) is 4.79 Å². The fourth-order valence-corrected chi connectivity index (χ4v) is 3.27. The highest BCUT2D eigenvalue weighted by molar-refractivity contribution is 6.44. The molecule has 0 bridgehead atoms. The summed E-state index contributed by atoms with van der Waals surface area (Å²) in [6, 6.07) is 5.30. The Bertz CT molecular complexity index is 901. The van der Waals surface area contributed by atoms with E-state index in [0.29, 0.717) is 23.0 Å². The van der Waals surface area contributed by atoms with Crippen molar-refractivity contribution in [3.05, 3.63) is 64.4 Å². The molecular formula is C23H27FN2O. The predicted octanol–water partition coefficient (Wildman–Crippen LogP) is 5.43. The average molecular weight is 366 g/mol. The molecule has 3 nitrogen and oxygen atoms in total. The van der Waals surface area contributed by atoms with Crippen LogP contribution in [0, 0.1) is 18.7 Å². The number of allylic oxidation sites excluding steroid dienone is 5. The molecule has 1 heterocycles. The van der Waals surface area contributed by atoms with E-state index in [0.717, 1.165) is 41.7 Å². The SMILES string of the molecule is CC/C(C)=C(\C=C1\N=C(C(C)=O)C=C(C2CC2)N1C)c1ccc(C)cc1F. The third kappa shape index (κ3) is 4.10. The zero-order chi connectivity index (χ0) is 19.7. The minimum Gasteiger partial charge on any atom is -0.333 e. The first kappa shape index (κ1) is 19.3. The molecule has 0 radical (unpaired) electrons. The molecule has 3 rings (SSSR count). The molecule has 0 atom stereocenters. The summed E-state index contributed by atoms with van der Waals surface area (Å²) in [5.41, 5.74) is 4.98. The maximum Gasteiger partial charge on any atom is 0.178 e. The zero-order valence-electron chi connectivity index (χ0n) is 16.8. The largest absolute Gasteiger partial charge is 0.333 e. The molecule has 1 saturated carbocycles. The summed E-state index contributed by atoms with van der Waals surface area (Å²) in [6.07, 6.45) is 6.91. The predicted molar refractivity (Wildman–Crippen MR) is 109 cm³/mol. The highest BCUT2D eigenvalue weighted by Crippen LogP contribution is 2.41. The number of aryl methyl sites for hydroxylation is 1. The second-order valence-electron chi connectivity index (χ2n) is 7.49. The molecule has 0 spiro atoms. The second-order valence-corrected chi connectivity index (χ2v) is 7.49. The monoisotopic (exact) mass is 366 g/mol. The van der Waals surface area contributed by atoms with E-state index < -0.39 is 0 Å². The Labute approximate surface area is 161 Å². The van der Waals surface area contributed by atoms with Gasteiger partial charge in [0.1, 0.15) is 17.3 Å². The van der Waals surface area contributed by atoms with Gasteiger partial charge in [-0.3, -0.25) is 4.79 Å². The van der Waals surface area contributed by atoms with Crippen LogP contribution in [0.2, 0.25) is 0 Å². The van der Waals surface area contributed by atoms with E-state index in [2.05, 4.69) is 11.9 Å². The Morgan fingerprint density at radius 3 is 2.59 bits per heavy atom.